The second-order valence-electron chi connectivity index (χ2n) is 5.69. The lowest BCUT2D eigenvalue weighted by molar-refractivity contribution is 0.436. The van der Waals surface area contributed by atoms with Gasteiger partial charge in [0.15, 0.2) is 0 Å². The van der Waals surface area contributed by atoms with Crippen molar-refractivity contribution in [2.75, 3.05) is 6.54 Å². The van der Waals surface area contributed by atoms with Gasteiger partial charge in [0.1, 0.15) is 0 Å². The molecule has 2 heteroatoms. The Balaban J connectivity index is 1.64. The predicted octanol–water partition coefficient (Wildman–Crippen LogP) is 4.61. The highest BCUT2D eigenvalue weighted by Crippen LogP contribution is 2.35. The van der Waals surface area contributed by atoms with E-state index in [0.717, 1.165) is 12.0 Å². The van der Waals surface area contributed by atoms with Gasteiger partial charge in [0.2, 0.25) is 0 Å². The molecule has 1 aliphatic rings. The monoisotopic (exact) mass is 273 g/mol. The minimum Gasteiger partial charge on any atom is -0.314 e. The number of benzene rings is 1. The first-order valence-corrected chi connectivity index (χ1v) is 8.45. The summed E-state index contributed by atoms with van der Waals surface area (Å²) in [6.07, 6.45) is 6.63. The first-order chi connectivity index (χ1) is 9.38. The minimum atomic E-state index is 0.749. The van der Waals surface area contributed by atoms with E-state index in [1.54, 1.807) is 5.56 Å². The fourth-order valence-electron chi connectivity index (χ4n) is 2.87. The van der Waals surface area contributed by atoms with E-state index >= 15 is 0 Å². The van der Waals surface area contributed by atoms with E-state index in [0.29, 0.717) is 0 Å². The highest BCUT2D eigenvalue weighted by atomic mass is 32.1. The van der Waals surface area contributed by atoms with Crippen molar-refractivity contribution in [3.05, 3.63) is 35.2 Å². The molecule has 0 saturated heterocycles. The molecule has 3 rings (SSSR count). The molecule has 1 unspecified atom stereocenters. The van der Waals surface area contributed by atoms with Gasteiger partial charge in [0.25, 0.3) is 0 Å². The molecule has 1 atom stereocenters. The quantitative estimate of drug-likeness (QED) is 0.776. The highest BCUT2D eigenvalue weighted by molar-refractivity contribution is 7.17. The summed E-state index contributed by atoms with van der Waals surface area (Å²) >= 11 is 1.89. The fraction of sp³-hybridized carbons (Fsp3) is 0.529. The molecule has 2 aromatic rings. The highest BCUT2D eigenvalue weighted by Gasteiger charge is 2.30. The van der Waals surface area contributed by atoms with Crippen molar-refractivity contribution < 1.29 is 0 Å². The number of rotatable bonds is 7. The Kier molecular flexibility index (Phi) is 4.19. The van der Waals surface area contributed by atoms with Crippen LogP contribution in [0.15, 0.2) is 29.6 Å². The molecular weight excluding hydrogens is 250 g/mol. The zero-order valence-electron chi connectivity index (χ0n) is 11.7. The van der Waals surface area contributed by atoms with E-state index in [-0.39, 0.29) is 0 Å². The summed E-state index contributed by atoms with van der Waals surface area (Å²) < 4.78 is 1.43. The molecule has 1 aromatic carbocycles. The lowest BCUT2D eigenvalue weighted by Gasteiger charge is -2.17. The Bertz CT molecular complexity index is 527. The zero-order chi connectivity index (χ0) is 13.1. The molecule has 0 aliphatic heterocycles. The number of fused-ring (bicyclic) bond motifs is 1. The van der Waals surface area contributed by atoms with Gasteiger partial charge in [0, 0.05) is 10.7 Å². The molecule has 0 radical (unpaired) electrons. The number of nitrogens with one attached hydrogen (secondary N) is 1. The fourth-order valence-corrected chi connectivity index (χ4v) is 3.87. The summed E-state index contributed by atoms with van der Waals surface area (Å²) in [6.45, 7) is 3.43. The molecule has 1 fully saturated rings. The zero-order valence-corrected chi connectivity index (χ0v) is 12.5. The van der Waals surface area contributed by atoms with Gasteiger partial charge in [0.05, 0.1) is 0 Å². The summed E-state index contributed by atoms with van der Waals surface area (Å²) in [7, 11) is 0. The van der Waals surface area contributed by atoms with Crippen LogP contribution in [0, 0.1) is 5.92 Å². The standard InChI is InChI=1S/C17H23NS/c1-2-11-18-16(13-7-8-13)10-9-14-12-19-17-6-4-3-5-15(14)17/h3-6,12-13,16,18H,2,7-11H2,1H3. The van der Waals surface area contributed by atoms with E-state index in [9.17, 15) is 0 Å². The molecule has 0 bridgehead atoms. The molecule has 0 amide bonds. The maximum Gasteiger partial charge on any atom is 0.0345 e. The first-order valence-electron chi connectivity index (χ1n) is 7.57. The van der Waals surface area contributed by atoms with Gasteiger partial charge >= 0.3 is 0 Å². The molecule has 1 aliphatic carbocycles. The molecule has 1 N–H and O–H groups in total. The Morgan fingerprint density at radius 1 is 1.32 bits per heavy atom. The van der Waals surface area contributed by atoms with Crippen molar-refractivity contribution in [1.29, 1.82) is 0 Å². The van der Waals surface area contributed by atoms with Crippen molar-refractivity contribution in [2.24, 2.45) is 5.92 Å². The average molecular weight is 273 g/mol. The Labute approximate surface area is 120 Å². The molecular formula is C17H23NS. The van der Waals surface area contributed by atoms with Crippen LogP contribution in [0.1, 0.15) is 38.2 Å². The van der Waals surface area contributed by atoms with E-state index < -0.39 is 0 Å². The van der Waals surface area contributed by atoms with Crippen LogP contribution in [-0.2, 0) is 6.42 Å². The SMILES string of the molecule is CCCNC(CCc1csc2ccccc12)C1CC1. The first kappa shape index (κ1) is 13.1. The van der Waals surface area contributed by atoms with Crippen LogP contribution in [0.4, 0.5) is 0 Å². The van der Waals surface area contributed by atoms with Crippen LogP contribution in [-0.4, -0.2) is 12.6 Å². The summed E-state index contributed by atoms with van der Waals surface area (Å²) in [5.41, 5.74) is 1.55. The number of hydrogen-bond acceptors (Lipinski definition) is 2. The lowest BCUT2D eigenvalue weighted by Crippen LogP contribution is -2.32. The summed E-state index contributed by atoms with van der Waals surface area (Å²) in [4.78, 5) is 0. The maximum absolute atomic E-state index is 3.75. The molecule has 1 nitrogen and oxygen atoms in total. The van der Waals surface area contributed by atoms with E-state index in [2.05, 4.69) is 41.9 Å². The van der Waals surface area contributed by atoms with Crippen LogP contribution >= 0.6 is 11.3 Å². The maximum atomic E-state index is 3.75. The van der Waals surface area contributed by atoms with Gasteiger partial charge in [-0.05, 0) is 67.0 Å². The van der Waals surface area contributed by atoms with Gasteiger partial charge in [-0.25, -0.2) is 0 Å². The Hall–Kier alpha value is -0.860. The predicted molar refractivity (Wildman–Crippen MR) is 85.0 cm³/mol. The lowest BCUT2D eigenvalue weighted by atomic mass is 10.0. The van der Waals surface area contributed by atoms with Crippen molar-refractivity contribution >= 4 is 21.4 Å². The summed E-state index contributed by atoms with van der Waals surface area (Å²) in [5.74, 6) is 0.955. The second-order valence-corrected chi connectivity index (χ2v) is 6.61. The third-order valence-corrected chi connectivity index (χ3v) is 5.15. The van der Waals surface area contributed by atoms with Gasteiger partial charge in [-0.3, -0.25) is 0 Å². The van der Waals surface area contributed by atoms with Gasteiger partial charge in [-0.15, -0.1) is 11.3 Å². The van der Waals surface area contributed by atoms with Gasteiger partial charge in [-0.2, -0.15) is 0 Å². The van der Waals surface area contributed by atoms with Crippen LogP contribution in [0.5, 0.6) is 0 Å². The Morgan fingerprint density at radius 3 is 2.95 bits per heavy atom. The topological polar surface area (TPSA) is 12.0 Å². The number of hydrogen-bond donors (Lipinski definition) is 1. The van der Waals surface area contributed by atoms with Crippen molar-refractivity contribution in [3.63, 3.8) is 0 Å². The summed E-state index contributed by atoms with van der Waals surface area (Å²) in [5, 5.41) is 7.57. The van der Waals surface area contributed by atoms with Crippen LogP contribution in [0.25, 0.3) is 10.1 Å². The third-order valence-electron chi connectivity index (χ3n) is 4.13. The third kappa shape index (κ3) is 3.18. The second kappa shape index (κ2) is 6.06. The molecule has 1 saturated carbocycles. The van der Waals surface area contributed by atoms with Crippen LogP contribution < -0.4 is 5.32 Å². The molecule has 0 spiro atoms. The number of thiophene rings is 1. The normalized spacial score (nSPS) is 16.9. The van der Waals surface area contributed by atoms with E-state index in [1.165, 1.54) is 48.7 Å². The number of aryl methyl sites for hydroxylation is 1. The van der Waals surface area contributed by atoms with E-state index in [4.69, 9.17) is 0 Å². The van der Waals surface area contributed by atoms with Crippen molar-refractivity contribution in [3.8, 4) is 0 Å². The summed E-state index contributed by atoms with van der Waals surface area (Å²) in [6, 6.07) is 9.55. The smallest absolute Gasteiger partial charge is 0.0345 e. The van der Waals surface area contributed by atoms with Gasteiger partial charge in [-0.1, -0.05) is 25.1 Å². The average Bonchev–Trinajstić information content (AvgIpc) is 3.20. The Morgan fingerprint density at radius 2 is 2.16 bits per heavy atom. The molecule has 1 heterocycles. The van der Waals surface area contributed by atoms with Crippen LogP contribution in [0.3, 0.4) is 0 Å². The molecule has 19 heavy (non-hydrogen) atoms. The van der Waals surface area contributed by atoms with Crippen LogP contribution in [0.2, 0.25) is 0 Å². The van der Waals surface area contributed by atoms with Crippen molar-refractivity contribution in [2.45, 2.75) is 45.1 Å². The van der Waals surface area contributed by atoms with Gasteiger partial charge < -0.3 is 5.32 Å². The molecule has 1 aromatic heterocycles. The largest absolute Gasteiger partial charge is 0.314 e. The minimum absolute atomic E-state index is 0.749. The van der Waals surface area contributed by atoms with E-state index in [1.807, 2.05) is 11.3 Å². The van der Waals surface area contributed by atoms with Crippen molar-refractivity contribution in [1.82, 2.24) is 5.32 Å². The molecule has 102 valence electrons.